The Morgan fingerprint density at radius 1 is 1.15 bits per heavy atom. The molecule has 0 radical (unpaired) electrons. The molecule has 0 aliphatic rings. The molecule has 0 spiro atoms. The molecule has 0 amide bonds. The maximum atomic E-state index is 10.3. The van der Waals surface area contributed by atoms with Gasteiger partial charge in [-0.15, -0.1) is 0 Å². The fraction of sp³-hybridized carbons (Fsp3) is 0.294. The normalized spacial score (nSPS) is 12.2. The zero-order valence-corrected chi connectivity index (χ0v) is 12.5. The summed E-state index contributed by atoms with van der Waals surface area (Å²) in [4.78, 5) is 0. The van der Waals surface area contributed by atoms with Crippen LogP contribution in [-0.4, -0.2) is 12.2 Å². The molecule has 20 heavy (non-hydrogen) atoms. The molecule has 106 valence electrons. The molecule has 0 saturated heterocycles. The van der Waals surface area contributed by atoms with Crippen LogP contribution in [0.25, 0.3) is 0 Å². The summed E-state index contributed by atoms with van der Waals surface area (Å²) < 4.78 is 5.13. The molecule has 0 fully saturated rings. The van der Waals surface area contributed by atoms with Crippen molar-refractivity contribution in [2.24, 2.45) is 0 Å². The topological polar surface area (TPSA) is 29.5 Å². The maximum Gasteiger partial charge on any atom is 0.118 e. The first-order valence-corrected chi connectivity index (χ1v) is 7.05. The summed E-state index contributed by atoms with van der Waals surface area (Å²) in [5.41, 5.74) is 2.97. The van der Waals surface area contributed by atoms with Crippen LogP contribution in [-0.2, 0) is 6.42 Å². The van der Waals surface area contributed by atoms with Crippen molar-refractivity contribution < 1.29 is 9.84 Å². The molecule has 1 atom stereocenters. The van der Waals surface area contributed by atoms with Crippen LogP contribution in [0.1, 0.15) is 29.2 Å². The summed E-state index contributed by atoms with van der Waals surface area (Å²) in [5, 5.41) is 10.9. The van der Waals surface area contributed by atoms with Gasteiger partial charge in [0.25, 0.3) is 0 Å². The average Bonchev–Trinajstić information content (AvgIpc) is 2.48. The number of aryl methyl sites for hydroxylation is 2. The van der Waals surface area contributed by atoms with Crippen molar-refractivity contribution in [1.82, 2.24) is 0 Å². The van der Waals surface area contributed by atoms with E-state index in [-0.39, 0.29) is 0 Å². The predicted octanol–water partition coefficient (Wildman–Crippen LogP) is 4.32. The number of hydrogen-bond acceptors (Lipinski definition) is 2. The number of hydrogen-bond donors (Lipinski definition) is 1. The predicted molar refractivity (Wildman–Crippen MR) is 82.5 cm³/mol. The third-order valence-corrected chi connectivity index (χ3v) is 3.96. The van der Waals surface area contributed by atoms with E-state index in [0.29, 0.717) is 11.4 Å². The molecule has 0 aliphatic heterocycles. The van der Waals surface area contributed by atoms with Crippen molar-refractivity contribution in [3.63, 3.8) is 0 Å². The van der Waals surface area contributed by atoms with Crippen LogP contribution < -0.4 is 4.74 Å². The first kappa shape index (κ1) is 14.9. The second-order valence-electron chi connectivity index (χ2n) is 4.88. The van der Waals surface area contributed by atoms with Crippen LogP contribution in [0.4, 0.5) is 0 Å². The number of aliphatic hydroxyl groups is 1. The number of benzene rings is 2. The van der Waals surface area contributed by atoms with E-state index in [0.717, 1.165) is 23.3 Å². The molecule has 0 heterocycles. The molecule has 0 bridgehead atoms. The number of aliphatic hydroxyl groups excluding tert-OH is 1. The largest absolute Gasteiger partial charge is 0.497 e. The lowest BCUT2D eigenvalue weighted by molar-refractivity contribution is 0.168. The van der Waals surface area contributed by atoms with Gasteiger partial charge >= 0.3 is 0 Å². The summed E-state index contributed by atoms with van der Waals surface area (Å²) in [6.07, 6.45) is 0.912. The van der Waals surface area contributed by atoms with E-state index in [2.05, 4.69) is 0 Å². The average molecular weight is 291 g/mol. The number of halogens is 1. The van der Waals surface area contributed by atoms with Crippen molar-refractivity contribution >= 4 is 11.6 Å². The highest BCUT2D eigenvalue weighted by Gasteiger charge is 2.12. The number of rotatable bonds is 5. The molecule has 2 aromatic rings. The van der Waals surface area contributed by atoms with E-state index >= 15 is 0 Å². The Labute approximate surface area is 125 Å². The fourth-order valence-corrected chi connectivity index (χ4v) is 2.43. The smallest absolute Gasteiger partial charge is 0.118 e. The number of ether oxygens (including phenoxy) is 1. The summed E-state index contributed by atoms with van der Waals surface area (Å²) >= 11 is 6.23. The minimum absolute atomic E-state index is 0.537. The molecular formula is C17H19ClO2. The second kappa shape index (κ2) is 6.78. The Morgan fingerprint density at radius 3 is 2.50 bits per heavy atom. The van der Waals surface area contributed by atoms with Crippen molar-refractivity contribution in [1.29, 1.82) is 0 Å². The zero-order valence-electron chi connectivity index (χ0n) is 11.8. The monoisotopic (exact) mass is 290 g/mol. The lowest BCUT2D eigenvalue weighted by Crippen LogP contribution is -2.01. The van der Waals surface area contributed by atoms with Gasteiger partial charge in [-0.2, -0.15) is 0 Å². The van der Waals surface area contributed by atoms with E-state index in [9.17, 15) is 5.11 Å². The standard InChI is InChI=1S/C17H19ClO2/c1-12-4-3-5-15(17(12)18)16(19)11-8-13-6-9-14(20-2)10-7-13/h3-7,9-10,16,19H,8,11H2,1-2H3. The van der Waals surface area contributed by atoms with Crippen LogP contribution in [0.15, 0.2) is 42.5 Å². The van der Waals surface area contributed by atoms with Crippen molar-refractivity contribution in [2.75, 3.05) is 7.11 Å². The quantitative estimate of drug-likeness (QED) is 0.888. The molecule has 2 nitrogen and oxygen atoms in total. The first-order valence-electron chi connectivity index (χ1n) is 6.68. The molecule has 1 unspecified atom stereocenters. The van der Waals surface area contributed by atoms with Crippen LogP contribution >= 0.6 is 11.6 Å². The summed E-state index contributed by atoms with van der Waals surface area (Å²) in [6.45, 7) is 1.95. The Kier molecular flexibility index (Phi) is 5.05. The Bertz CT molecular complexity index is 564. The highest BCUT2D eigenvalue weighted by molar-refractivity contribution is 6.32. The van der Waals surface area contributed by atoms with Gasteiger partial charge in [0, 0.05) is 5.02 Å². The summed E-state index contributed by atoms with van der Waals surface area (Å²) in [7, 11) is 1.65. The Balaban J connectivity index is 2.00. The SMILES string of the molecule is COc1ccc(CCC(O)c2cccc(C)c2Cl)cc1. The zero-order chi connectivity index (χ0) is 14.5. The molecule has 2 rings (SSSR count). The van der Waals surface area contributed by atoms with E-state index in [1.54, 1.807) is 7.11 Å². The van der Waals surface area contributed by atoms with Gasteiger partial charge in [0.05, 0.1) is 13.2 Å². The van der Waals surface area contributed by atoms with Gasteiger partial charge in [-0.3, -0.25) is 0 Å². The first-order chi connectivity index (χ1) is 9.61. The minimum Gasteiger partial charge on any atom is -0.497 e. The van der Waals surface area contributed by atoms with Crippen LogP contribution in [0.5, 0.6) is 5.75 Å². The van der Waals surface area contributed by atoms with Crippen LogP contribution in [0.2, 0.25) is 5.02 Å². The second-order valence-corrected chi connectivity index (χ2v) is 5.26. The Morgan fingerprint density at radius 2 is 1.85 bits per heavy atom. The van der Waals surface area contributed by atoms with Crippen molar-refractivity contribution in [3.05, 3.63) is 64.2 Å². The lowest BCUT2D eigenvalue weighted by atomic mass is 10.00. The summed E-state index contributed by atoms with van der Waals surface area (Å²) in [5.74, 6) is 0.844. The highest BCUT2D eigenvalue weighted by atomic mass is 35.5. The molecule has 1 N–H and O–H groups in total. The van der Waals surface area contributed by atoms with Gasteiger partial charge in [0.1, 0.15) is 5.75 Å². The van der Waals surface area contributed by atoms with Gasteiger partial charge < -0.3 is 9.84 Å². The third kappa shape index (κ3) is 3.53. The maximum absolute atomic E-state index is 10.3. The summed E-state index contributed by atoms with van der Waals surface area (Å²) in [6, 6.07) is 13.7. The van der Waals surface area contributed by atoms with Gasteiger partial charge in [-0.1, -0.05) is 41.9 Å². The third-order valence-electron chi connectivity index (χ3n) is 3.45. The van der Waals surface area contributed by atoms with Gasteiger partial charge in [-0.05, 0) is 48.6 Å². The van der Waals surface area contributed by atoms with Crippen molar-refractivity contribution in [2.45, 2.75) is 25.9 Å². The van der Waals surface area contributed by atoms with Gasteiger partial charge in [-0.25, -0.2) is 0 Å². The van der Waals surface area contributed by atoms with E-state index in [1.807, 2.05) is 49.4 Å². The number of methoxy groups -OCH3 is 1. The van der Waals surface area contributed by atoms with Gasteiger partial charge in [0.15, 0.2) is 0 Å². The van der Waals surface area contributed by atoms with Crippen LogP contribution in [0, 0.1) is 6.92 Å². The van der Waals surface area contributed by atoms with E-state index in [1.165, 1.54) is 5.56 Å². The molecule has 0 saturated carbocycles. The van der Waals surface area contributed by atoms with E-state index < -0.39 is 6.10 Å². The van der Waals surface area contributed by atoms with Gasteiger partial charge in [0.2, 0.25) is 0 Å². The van der Waals surface area contributed by atoms with Crippen LogP contribution in [0.3, 0.4) is 0 Å². The Hall–Kier alpha value is -1.51. The van der Waals surface area contributed by atoms with E-state index in [4.69, 9.17) is 16.3 Å². The molecule has 3 heteroatoms. The van der Waals surface area contributed by atoms with Crippen molar-refractivity contribution in [3.8, 4) is 5.75 Å². The molecule has 2 aromatic carbocycles. The lowest BCUT2D eigenvalue weighted by Gasteiger charge is -2.14. The minimum atomic E-state index is -0.537. The molecular weight excluding hydrogens is 272 g/mol. The fourth-order valence-electron chi connectivity index (χ4n) is 2.18. The highest BCUT2D eigenvalue weighted by Crippen LogP contribution is 2.28. The molecule has 0 aliphatic carbocycles. The molecule has 0 aromatic heterocycles.